The van der Waals surface area contributed by atoms with E-state index in [9.17, 15) is 9.59 Å². The van der Waals surface area contributed by atoms with Crippen molar-refractivity contribution in [2.45, 2.75) is 18.9 Å². The molecule has 0 spiro atoms. The van der Waals surface area contributed by atoms with Crippen molar-refractivity contribution in [3.8, 4) is 5.69 Å². The number of halogens is 2. The Balaban J connectivity index is 1.33. The molecule has 1 fully saturated rings. The maximum Gasteiger partial charge on any atom is 0.276 e. The second-order valence-corrected chi connectivity index (χ2v) is 7.94. The van der Waals surface area contributed by atoms with Crippen LogP contribution in [0.3, 0.4) is 0 Å². The van der Waals surface area contributed by atoms with Gasteiger partial charge in [0.2, 0.25) is 0 Å². The van der Waals surface area contributed by atoms with Crippen LogP contribution in [-0.4, -0.2) is 50.8 Å². The van der Waals surface area contributed by atoms with Crippen molar-refractivity contribution < 1.29 is 9.59 Å². The molecular weight excluding hydrogens is 425 g/mol. The lowest BCUT2D eigenvalue weighted by Crippen LogP contribution is -2.46. The summed E-state index contributed by atoms with van der Waals surface area (Å²) in [7, 11) is 0. The Kier molecular flexibility index (Phi) is 6.01. The van der Waals surface area contributed by atoms with E-state index in [1.54, 1.807) is 64.3 Å². The molecule has 30 heavy (non-hydrogen) atoms. The average Bonchev–Trinajstić information content (AvgIpc) is 3.25. The van der Waals surface area contributed by atoms with Gasteiger partial charge < -0.3 is 10.2 Å². The van der Waals surface area contributed by atoms with Gasteiger partial charge in [-0.15, -0.1) is 5.10 Å². The Hall–Kier alpha value is -2.90. The molecule has 0 atom stereocenters. The molecule has 1 N–H and O–H groups in total. The number of benzene rings is 2. The van der Waals surface area contributed by atoms with Crippen LogP contribution in [0.1, 0.15) is 33.7 Å². The standard InChI is InChI=1S/C21H19Cl2N5O2/c22-15-3-1-14(2-4-15)20(29)24-17-9-11-27(12-10-17)21(30)19-13-28(26-25-19)18-7-5-16(23)6-8-18/h1-8,13,17H,9-12H2,(H,24,29). The van der Waals surface area contributed by atoms with Gasteiger partial charge in [0.15, 0.2) is 5.69 Å². The van der Waals surface area contributed by atoms with Crippen LogP contribution in [0, 0.1) is 0 Å². The Morgan fingerprint density at radius 3 is 2.17 bits per heavy atom. The van der Waals surface area contributed by atoms with Crippen molar-refractivity contribution in [3.63, 3.8) is 0 Å². The predicted molar refractivity (Wildman–Crippen MR) is 114 cm³/mol. The smallest absolute Gasteiger partial charge is 0.276 e. The van der Waals surface area contributed by atoms with Crippen LogP contribution in [0.25, 0.3) is 5.69 Å². The number of piperidine rings is 1. The highest BCUT2D eigenvalue weighted by molar-refractivity contribution is 6.30. The van der Waals surface area contributed by atoms with Crippen LogP contribution in [0.5, 0.6) is 0 Å². The van der Waals surface area contributed by atoms with Crippen molar-refractivity contribution in [2.24, 2.45) is 0 Å². The molecule has 0 saturated carbocycles. The molecule has 3 aromatic rings. The first-order chi connectivity index (χ1) is 14.5. The van der Waals surface area contributed by atoms with Crippen LogP contribution in [-0.2, 0) is 0 Å². The molecule has 1 aliphatic heterocycles. The van der Waals surface area contributed by atoms with Crippen molar-refractivity contribution in [1.29, 1.82) is 0 Å². The summed E-state index contributed by atoms with van der Waals surface area (Å²) >= 11 is 11.8. The molecule has 1 aromatic heterocycles. The van der Waals surface area contributed by atoms with Crippen LogP contribution in [0.15, 0.2) is 54.7 Å². The van der Waals surface area contributed by atoms with Gasteiger partial charge in [0.25, 0.3) is 11.8 Å². The van der Waals surface area contributed by atoms with E-state index < -0.39 is 0 Å². The highest BCUT2D eigenvalue weighted by atomic mass is 35.5. The van der Waals surface area contributed by atoms with Gasteiger partial charge in [0, 0.05) is 34.7 Å². The molecular formula is C21H19Cl2N5O2. The summed E-state index contributed by atoms with van der Waals surface area (Å²) in [6, 6.07) is 13.9. The van der Waals surface area contributed by atoms with Gasteiger partial charge >= 0.3 is 0 Å². The third-order valence-electron chi connectivity index (χ3n) is 5.03. The van der Waals surface area contributed by atoms with Gasteiger partial charge in [-0.05, 0) is 61.4 Å². The van der Waals surface area contributed by atoms with Gasteiger partial charge in [-0.1, -0.05) is 28.4 Å². The normalized spacial score (nSPS) is 14.5. The Morgan fingerprint density at radius 1 is 0.933 bits per heavy atom. The van der Waals surface area contributed by atoms with E-state index in [2.05, 4.69) is 15.6 Å². The monoisotopic (exact) mass is 443 g/mol. The van der Waals surface area contributed by atoms with Crippen LogP contribution in [0.4, 0.5) is 0 Å². The lowest BCUT2D eigenvalue weighted by atomic mass is 10.0. The number of hydrogen-bond acceptors (Lipinski definition) is 4. The molecule has 7 nitrogen and oxygen atoms in total. The van der Waals surface area contributed by atoms with Gasteiger partial charge in [0.05, 0.1) is 11.9 Å². The Morgan fingerprint density at radius 2 is 1.53 bits per heavy atom. The first-order valence-corrected chi connectivity index (χ1v) is 10.3. The van der Waals surface area contributed by atoms with Crippen LogP contribution < -0.4 is 5.32 Å². The van der Waals surface area contributed by atoms with Gasteiger partial charge in [-0.2, -0.15) is 0 Å². The third-order valence-corrected chi connectivity index (χ3v) is 5.53. The maximum atomic E-state index is 12.8. The van der Waals surface area contributed by atoms with E-state index in [0.717, 1.165) is 5.69 Å². The zero-order chi connectivity index (χ0) is 21.1. The molecule has 2 heterocycles. The summed E-state index contributed by atoms with van der Waals surface area (Å²) in [6.45, 7) is 1.08. The molecule has 4 rings (SSSR count). The molecule has 2 amide bonds. The second kappa shape index (κ2) is 8.85. The van der Waals surface area contributed by atoms with Crippen molar-refractivity contribution in [3.05, 3.63) is 76.0 Å². The average molecular weight is 444 g/mol. The van der Waals surface area contributed by atoms with Crippen molar-refractivity contribution >= 4 is 35.0 Å². The molecule has 1 aliphatic rings. The molecule has 154 valence electrons. The fourth-order valence-electron chi connectivity index (χ4n) is 3.34. The van der Waals surface area contributed by atoms with E-state index in [0.29, 0.717) is 41.5 Å². The van der Waals surface area contributed by atoms with E-state index in [4.69, 9.17) is 23.2 Å². The minimum atomic E-state index is -0.169. The number of hydrogen-bond donors (Lipinski definition) is 1. The second-order valence-electron chi connectivity index (χ2n) is 7.07. The molecule has 0 radical (unpaired) electrons. The van der Waals surface area contributed by atoms with Gasteiger partial charge in [-0.25, -0.2) is 4.68 Å². The van der Waals surface area contributed by atoms with Crippen molar-refractivity contribution in [1.82, 2.24) is 25.2 Å². The topological polar surface area (TPSA) is 80.1 Å². The number of rotatable bonds is 4. The quantitative estimate of drug-likeness (QED) is 0.667. The fraction of sp³-hybridized carbons (Fsp3) is 0.238. The van der Waals surface area contributed by atoms with Gasteiger partial charge in [0.1, 0.15) is 0 Å². The number of carbonyl (C=O) groups excluding carboxylic acids is 2. The Labute approximate surface area is 183 Å². The van der Waals surface area contributed by atoms with E-state index >= 15 is 0 Å². The summed E-state index contributed by atoms with van der Waals surface area (Å²) in [4.78, 5) is 26.9. The summed E-state index contributed by atoms with van der Waals surface area (Å²) < 4.78 is 1.54. The lowest BCUT2D eigenvalue weighted by Gasteiger charge is -2.31. The summed E-state index contributed by atoms with van der Waals surface area (Å²) in [5, 5.41) is 12.3. The van der Waals surface area contributed by atoms with E-state index in [1.807, 2.05) is 0 Å². The summed E-state index contributed by atoms with van der Waals surface area (Å²) in [5.41, 5.74) is 1.62. The molecule has 0 aliphatic carbocycles. The minimum Gasteiger partial charge on any atom is -0.349 e. The SMILES string of the molecule is O=C(NC1CCN(C(=O)c2cn(-c3ccc(Cl)cc3)nn2)CC1)c1ccc(Cl)cc1. The predicted octanol–water partition coefficient (Wildman–Crippen LogP) is 3.61. The highest BCUT2D eigenvalue weighted by Gasteiger charge is 2.26. The number of likely N-dealkylation sites (tertiary alicyclic amines) is 1. The van der Waals surface area contributed by atoms with Crippen LogP contribution in [0.2, 0.25) is 10.0 Å². The van der Waals surface area contributed by atoms with Gasteiger partial charge in [-0.3, -0.25) is 9.59 Å². The first-order valence-electron chi connectivity index (χ1n) is 9.53. The van der Waals surface area contributed by atoms with E-state index in [-0.39, 0.29) is 23.6 Å². The highest BCUT2D eigenvalue weighted by Crippen LogP contribution is 2.16. The Bertz CT molecular complexity index is 1040. The first kappa shape index (κ1) is 20.4. The maximum absolute atomic E-state index is 12.8. The lowest BCUT2D eigenvalue weighted by molar-refractivity contribution is 0.0692. The molecule has 2 aromatic carbocycles. The van der Waals surface area contributed by atoms with Crippen LogP contribution >= 0.6 is 23.2 Å². The largest absolute Gasteiger partial charge is 0.349 e. The number of carbonyl (C=O) groups is 2. The molecule has 9 heteroatoms. The number of nitrogens with one attached hydrogen (secondary N) is 1. The van der Waals surface area contributed by atoms with E-state index in [1.165, 1.54) is 0 Å². The molecule has 0 bridgehead atoms. The fourth-order valence-corrected chi connectivity index (χ4v) is 3.59. The molecule has 0 unspecified atom stereocenters. The third kappa shape index (κ3) is 4.63. The zero-order valence-corrected chi connectivity index (χ0v) is 17.5. The molecule has 1 saturated heterocycles. The number of aromatic nitrogens is 3. The summed E-state index contributed by atoms with van der Waals surface area (Å²) in [5.74, 6) is -0.306. The number of amides is 2. The zero-order valence-electron chi connectivity index (χ0n) is 16.0. The summed E-state index contributed by atoms with van der Waals surface area (Å²) in [6.07, 6.45) is 2.97. The minimum absolute atomic E-state index is 0.0157. The number of nitrogens with zero attached hydrogens (tertiary/aromatic N) is 4. The van der Waals surface area contributed by atoms with Crippen molar-refractivity contribution in [2.75, 3.05) is 13.1 Å².